The van der Waals surface area contributed by atoms with Gasteiger partial charge in [-0.2, -0.15) is 0 Å². The summed E-state index contributed by atoms with van der Waals surface area (Å²) in [5, 5.41) is 8.68. The summed E-state index contributed by atoms with van der Waals surface area (Å²) in [7, 11) is 0. The number of amides is 1. The summed E-state index contributed by atoms with van der Waals surface area (Å²) in [6.07, 6.45) is 4.25. The number of nitrogens with zero attached hydrogens (tertiary/aromatic N) is 1. The molecule has 4 nitrogen and oxygen atoms in total. The van der Waals surface area contributed by atoms with E-state index in [1.807, 2.05) is 0 Å². The lowest BCUT2D eigenvalue weighted by Crippen LogP contribution is -2.52. The molecule has 12 heavy (non-hydrogen) atoms. The van der Waals surface area contributed by atoms with E-state index < -0.39 is 11.9 Å². The summed E-state index contributed by atoms with van der Waals surface area (Å²) in [6, 6.07) is 0.142. The molecule has 1 unspecified atom stereocenters. The summed E-state index contributed by atoms with van der Waals surface area (Å²) in [5.74, 6) is -1.11. The van der Waals surface area contributed by atoms with E-state index in [9.17, 15) is 9.59 Å². The van der Waals surface area contributed by atoms with Gasteiger partial charge in [-0.1, -0.05) is 6.08 Å². The van der Waals surface area contributed by atoms with E-state index in [2.05, 4.69) is 0 Å². The van der Waals surface area contributed by atoms with E-state index in [1.54, 1.807) is 17.2 Å². The average Bonchev–Trinajstić information content (AvgIpc) is 2.01. The summed E-state index contributed by atoms with van der Waals surface area (Å²) < 4.78 is 0. The fourth-order valence-electron chi connectivity index (χ4n) is 1.65. The number of hydrogen-bond acceptors (Lipinski definition) is 2. The highest BCUT2D eigenvalue weighted by Crippen LogP contribution is 2.30. The fraction of sp³-hybridized carbons (Fsp3) is 0.500. The molecule has 2 atom stereocenters. The molecule has 2 heterocycles. The van der Waals surface area contributed by atoms with Crippen molar-refractivity contribution < 1.29 is 14.7 Å². The van der Waals surface area contributed by atoms with Crippen LogP contribution in [0.25, 0.3) is 0 Å². The van der Waals surface area contributed by atoms with Crippen molar-refractivity contribution in [3.8, 4) is 0 Å². The number of fused-ring (bicyclic) bond motifs is 1. The second-order valence-electron chi connectivity index (χ2n) is 3.18. The second kappa shape index (κ2) is 2.33. The Hall–Kier alpha value is -1.32. The number of carbonyl (C=O) groups is 2. The van der Waals surface area contributed by atoms with Gasteiger partial charge in [-0.15, -0.1) is 0 Å². The van der Waals surface area contributed by atoms with E-state index >= 15 is 0 Å². The standard InChI is InChI=1S/C8H9NO3/c10-7-4-6-3-5(8(11)12)1-2-9(6)7/h1-2,5-6H,3-4H2,(H,11,12)/t5?,6-/m1/s1. The van der Waals surface area contributed by atoms with Gasteiger partial charge in [0.15, 0.2) is 0 Å². The molecule has 4 heteroatoms. The lowest BCUT2D eigenvalue weighted by atomic mass is 9.88. The van der Waals surface area contributed by atoms with Crippen molar-refractivity contribution in [2.75, 3.05) is 0 Å². The number of carboxylic acids is 1. The monoisotopic (exact) mass is 167 g/mol. The Morgan fingerprint density at radius 3 is 2.92 bits per heavy atom. The second-order valence-corrected chi connectivity index (χ2v) is 3.18. The van der Waals surface area contributed by atoms with Crippen LogP contribution in [0.15, 0.2) is 12.3 Å². The average molecular weight is 167 g/mol. The molecule has 0 aromatic rings. The van der Waals surface area contributed by atoms with Crippen molar-refractivity contribution in [2.24, 2.45) is 5.92 Å². The van der Waals surface area contributed by atoms with Crippen molar-refractivity contribution in [3.05, 3.63) is 12.3 Å². The molecule has 2 rings (SSSR count). The third-order valence-corrected chi connectivity index (χ3v) is 2.41. The van der Waals surface area contributed by atoms with Crippen LogP contribution in [0.3, 0.4) is 0 Å². The van der Waals surface area contributed by atoms with E-state index in [0.29, 0.717) is 12.8 Å². The molecule has 2 aliphatic heterocycles. The van der Waals surface area contributed by atoms with Crippen LogP contribution in [0.1, 0.15) is 12.8 Å². The molecule has 1 saturated heterocycles. The molecule has 64 valence electrons. The Morgan fingerprint density at radius 1 is 1.67 bits per heavy atom. The molecule has 2 aliphatic rings. The molecule has 0 aliphatic carbocycles. The first-order valence-electron chi connectivity index (χ1n) is 3.91. The van der Waals surface area contributed by atoms with Crippen LogP contribution in [0.2, 0.25) is 0 Å². The molecule has 1 amide bonds. The third kappa shape index (κ3) is 0.913. The van der Waals surface area contributed by atoms with Gasteiger partial charge in [-0.25, -0.2) is 0 Å². The van der Waals surface area contributed by atoms with Gasteiger partial charge >= 0.3 is 5.97 Å². The Kier molecular flexibility index (Phi) is 1.43. The van der Waals surface area contributed by atoms with E-state index in [4.69, 9.17) is 5.11 Å². The maximum Gasteiger partial charge on any atom is 0.310 e. The molecule has 0 aromatic heterocycles. The van der Waals surface area contributed by atoms with Crippen LogP contribution < -0.4 is 0 Å². The molecule has 1 N–H and O–H groups in total. The van der Waals surface area contributed by atoms with Crippen molar-refractivity contribution in [1.82, 2.24) is 4.90 Å². The SMILES string of the molecule is O=C(O)C1C=CN2C(=O)C[C@H]2C1. The minimum Gasteiger partial charge on any atom is -0.481 e. The highest BCUT2D eigenvalue weighted by molar-refractivity contribution is 5.85. The molecule has 1 fully saturated rings. The van der Waals surface area contributed by atoms with Crippen molar-refractivity contribution in [1.29, 1.82) is 0 Å². The third-order valence-electron chi connectivity index (χ3n) is 2.41. The minimum absolute atomic E-state index is 0.0973. The lowest BCUT2D eigenvalue weighted by Gasteiger charge is -2.41. The largest absolute Gasteiger partial charge is 0.481 e. The van der Waals surface area contributed by atoms with Crippen LogP contribution in [0.4, 0.5) is 0 Å². The van der Waals surface area contributed by atoms with Crippen LogP contribution in [-0.2, 0) is 9.59 Å². The summed E-state index contributed by atoms with van der Waals surface area (Å²) in [4.78, 5) is 23.0. The smallest absolute Gasteiger partial charge is 0.310 e. The molecular formula is C8H9NO3. The Bertz CT molecular complexity index is 271. The van der Waals surface area contributed by atoms with Crippen LogP contribution >= 0.6 is 0 Å². The molecule has 0 saturated carbocycles. The number of aliphatic carboxylic acids is 1. The van der Waals surface area contributed by atoms with Gasteiger partial charge in [0, 0.05) is 18.7 Å². The summed E-state index contributed by atoms with van der Waals surface area (Å²) in [6.45, 7) is 0. The number of carboxylic acid groups (broad SMARTS) is 1. The number of rotatable bonds is 1. The maximum atomic E-state index is 10.9. The summed E-state index contributed by atoms with van der Waals surface area (Å²) in [5.41, 5.74) is 0. The topological polar surface area (TPSA) is 57.6 Å². The quantitative estimate of drug-likeness (QED) is 0.568. The van der Waals surface area contributed by atoms with E-state index in [1.165, 1.54) is 0 Å². The van der Waals surface area contributed by atoms with Gasteiger partial charge < -0.3 is 10.0 Å². The molecular weight excluding hydrogens is 158 g/mol. The van der Waals surface area contributed by atoms with Gasteiger partial charge in [0.05, 0.1) is 5.92 Å². The Balaban J connectivity index is 2.11. The van der Waals surface area contributed by atoms with Gasteiger partial charge in [-0.05, 0) is 6.42 Å². The van der Waals surface area contributed by atoms with E-state index in [0.717, 1.165) is 0 Å². The van der Waals surface area contributed by atoms with Crippen LogP contribution in [-0.4, -0.2) is 27.9 Å². The van der Waals surface area contributed by atoms with Gasteiger partial charge in [0.25, 0.3) is 0 Å². The van der Waals surface area contributed by atoms with Crippen molar-refractivity contribution in [2.45, 2.75) is 18.9 Å². The zero-order chi connectivity index (χ0) is 8.72. The fourth-order valence-corrected chi connectivity index (χ4v) is 1.65. The Morgan fingerprint density at radius 2 is 2.42 bits per heavy atom. The zero-order valence-electron chi connectivity index (χ0n) is 6.43. The molecule has 0 radical (unpaired) electrons. The first kappa shape index (κ1) is 7.34. The number of β-lactam (4-membered cyclic amide) rings is 1. The molecule has 0 bridgehead atoms. The minimum atomic E-state index is -0.801. The lowest BCUT2D eigenvalue weighted by molar-refractivity contribution is -0.148. The van der Waals surface area contributed by atoms with Gasteiger partial charge in [-0.3, -0.25) is 9.59 Å². The summed E-state index contributed by atoms with van der Waals surface area (Å²) >= 11 is 0. The predicted octanol–water partition coefficient (Wildman–Crippen LogP) is 0.206. The Labute approximate surface area is 69.5 Å². The molecule has 0 aromatic carbocycles. The first-order valence-corrected chi connectivity index (χ1v) is 3.91. The van der Waals surface area contributed by atoms with Gasteiger partial charge in [0.1, 0.15) is 0 Å². The van der Waals surface area contributed by atoms with Crippen molar-refractivity contribution in [3.63, 3.8) is 0 Å². The van der Waals surface area contributed by atoms with E-state index in [-0.39, 0.29) is 11.9 Å². The highest BCUT2D eigenvalue weighted by Gasteiger charge is 2.39. The number of hydrogen-bond donors (Lipinski definition) is 1. The maximum absolute atomic E-state index is 10.9. The zero-order valence-corrected chi connectivity index (χ0v) is 6.43. The van der Waals surface area contributed by atoms with Crippen molar-refractivity contribution >= 4 is 11.9 Å². The normalized spacial score (nSPS) is 32.7. The predicted molar refractivity (Wildman–Crippen MR) is 40.1 cm³/mol. The van der Waals surface area contributed by atoms with Crippen LogP contribution in [0, 0.1) is 5.92 Å². The highest BCUT2D eigenvalue weighted by atomic mass is 16.4. The first-order chi connectivity index (χ1) is 5.68. The van der Waals surface area contributed by atoms with Gasteiger partial charge in [0.2, 0.25) is 5.91 Å². The number of carbonyl (C=O) groups excluding carboxylic acids is 1. The molecule has 0 spiro atoms. The van der Waals surface area contributed by atoms with Crippen LogP contribution in [0.5, 0.6) is 0 Å².